The summed E-state index contributed by atoms with van der Waals surface area (Å²) in [4.78, 5) is 57.6. The van der Waals surface area contributed by atoms with Crippen LogP contribution in [0.4, 0.5) is 0 Å². The maximum absolute atomic E-state index is 13.2. The lowest BCUT2D eigenvalue weighted by molar-refractivity contribution is -0.143. The van der Waals surface area contributed by atoms with Crippen molar-refractivity contribution in [1.29, 1.82) is 0 Å². The topological polar surface area (TPSA) is 111 Å². The Hall–Kier alpha value is -3.14. The van der Waals surface area contributed by atoms with E-state index in [-0.39, 0.29) is 37.2 Å². The molecule has 0 bridgehead atoms. The van der Waals surface area contributed by atoms with Gasteiger partial charge in [0.05, 0.1) is 12.1 Å². The third-order valence-electron chi connectivity index (χ3n) is 6.65. The molecular formula is C26H39N5O5. The van der Waals surface area contributed by atoms with Crippen LogP contribution < -0.4 is 15.4 Å². The minimum absolute atomic E-state index is 0.0602. The van der Waals surface area contributed by atoms with Gasteiger partial charge in [-0.1, -0.05) is 12.1 Å². The molecule has 36 heavy (non-hydrogen) atoms. The monoisotopic (exact) mass is 501 g/mol. The summed E-state index contributed by atoms with van der Waals surface area (Å²) in [6.45, 7) is 2.45. The Morgan fingerprint density at radius 3 is 2.69 bits per heavy atom. The molecule has 1 fully saturated rings. The van der Waals surface area contributed by atoms with E-state index in [2.05, 4.69) is 15.5 Å². The number of carbonyl (C=O) groups excluding carboxylic acids is 4. The lowest BCUT2D eigenvalue weighted by Gasteiger charge is -2.28. The van der Waals surface area contributed by atoms with Crippen molar-refractivity contribution in [2.45, 2.75) is 50.6 Å². The van der Waals surface area contributed by atoms with Gasteiger partial charge < -0.3 is 30.1 Å². The van der Waals surface area contributed by atoms with E-state index in [1.807, 2.05) is 14.1 Å². The number of ether oxygens (including phenoxy) is 1. The number of benzene rings is 1. The van der Waals surface area contributed by atoms with E-state index < -0.39 is 18.0 Å². The van der Waals surface area contributed by atoms with Gasteiger partial charge in [0.25, 0.3) is 5.91 Å². The first kappa shape index (κ1) is 27.4. The molecule has 10 heteroatoms. The molecule has 0 radical (unpaired) electrons. The van der Waals surface area contributed by atoms with Crippen LogP contribution in [0.25, 0.3) is 0 Å². The second kappa shape index (κ2) is 13.2. The molecule has 2 aliphatic rings. The smallest absolute Gasteiger partial charge is 0.255 e. The van der Waals surface area contributed by atoms with Crippen LogP contribution in [0.1, 0.15) is 48.9 Å². The fourth-order valence-corrected chi connectivity index (χ4v) is 4.56. The Balaban J connectivity index is 1.77. The number of nitrogens with one attached hydrogen (secondary N) is 2. The molecule has 2 aliphatic heterocycles. The van der Waals surface area contributed by atoms with Gasteiger partial charge in [0.2, 0.25) is 17.7 Å². The normalized spacial score (nSPS) is 21.7. The molecule has 0 saturated carbocycles. The Kier molecular flexibility index (Phi) is 10.1. The van der Waals surface area contributed by atoms with Gasteiger partial charge in [-0.3, -0.25) is 19.2 Å². The lowest BCUT2D eigenvalue weighted by atomic mass is 10.1. The van der Waals surface area contributed by atoms with Crippen LogP contribution in [0.5, 0.6) is 5.75 Å². The molecule has 2 N–H and O–H groups in total. The SMILES string of the molecule is CN(C)CCCCNC(=O)[C@@H]1CCC(=O)N2CCC[C@H]2C(=O)N(C)CCOc2ccccc2C(=O)N1. The highest BCUT2D eigenvalue weighted by Crippen LogP contribution is 2.22. The molecule has 2 atom stereocenters. The number of nitrogens with zero attached hydrogens (tertiary/aromatic N) is 3. The summed E-state index contributed by atoms with van der Waals surface area (Å²) in [6, 6.07) is 5.43. The highest BCUT2D eigenvalue weighted by Gasteiger charge is 2.36. The summed E-state index contributed by atoms with van der Waals surface area (Å²) < 4.78 is 5.85. The maximum Gasteiger partial charge on any atom is 0.255 e. The van der Waals surface area contributed by atoms with Crippen LogP contribution in [0.2, 0.25) is 0 Å². The van der Waals surface area contributed by atoms with E-state index in [4.69, 9.17) is 4.74 Å². The molecule has 198 valence electrons. The van der Waals surface area contributed by atoms with Gasteiger partial charge in [-0.25, -0.2) is 0 Å². The third-order valence-corrected chi connectivity index (χ3v) is 6.65. The van der Waals surface area contributed by atoms with Crippen LogP contribution in [-0.2, 0) is 14.4 Å². The number of para-hydroxylation sites is 1. The first-order valence-electron chi connectivity index (χ1n) is 12.8. The maximum atomic E-state index is 13.2. The number of likely N-dealkylation sites (N-methyl/N-ethyl adjacent to an activating group) is 1. The molecule has 1 aromatic carbocycles. The largest absolute Gasteiger partial charge is 0.491 e. The van der Waals surface area contributed by atoms with Crippen LogP contribution in [0.15, 0.2) is 24.3 Å². The van der Waals surface area contributed by atoms with Crippen molar-refractivity contribution in [2.24, 2.45) is 0 Å². The Morgan fingerprint density at radius 2 is 1.92 bits per heavy atom. The molecule has 3 rings (SSSR count). The van der Waals surface area contributed by atoms with Gasteiger partial charge in [0.1, 0.15) is 24.4 Å². The van der Waals surface area contributed by atoms with Gasteiger partial charge >= 0.3 is 0 Å². The fourth-order valence-electron chi connectivity index (χ4n) is 4.56. The second-order valence-corrected chi connectivity index (χ2v) is 9.72. The minimum Gasteiger partial charge on any atom is -0.491 e. The Labute approximate surface area is 213 Å². The lowest BCUT2D eigenvalue weighted by Crippen LogP contribution is -2.49. The van der Waals surface area contributed by atoms with E-state index in [1.54, 1.807) is 41.1 Å². The van der Waals surface area contributed by atoms with Crippen molar-refractivity contribution in [2.75, 3.05) is 53.9 Å². The fraction of sp³-hybridized carbons (Fsp3) is 0.615. The van der Waals surface area contributed by atoms with Crippen molar-refractivity contribution < 1.29 is 23.9 Å². The van der Waals surface area contributed by atoms with Gasteiger partial charge in [-0.2, -0.15) is 0 Å². The first-order chi connectivity index (χ1) is 17.3. The van der Waals surface area contributed by atoms with E-state index >= 15 is 0 Å². The van der Waals surface area contributed by atoms with Crippen molar-refractivity contribution in [1.82, 2.24) is 25.3 Å². The molecule has 0 spiro atoms. The molecule has 0 unspecified atom stereocenters. The molecular weight excluding hydrogens is 462 g/mol. The number of unbranched alkanes of at least 4 members (excludes halogenated alkanes) is 1. The summed E-state index contributed by atoms with van der Waals surface area (Å²) in [5.41, 5.74) is 0.303. The zero-order chi connectivity index (χ0) is 26.1. The van der Waals surface area contributed by atoms with Crippen molar-refractivity contribution in [3.05, 3.63) is 29.8 Å². The zero-order valence-corrected chi connectivity index (χ0v) is 21.6. The minimum atomic E-state index is -0.882. The van der Waals surface area contributed by atoms with Gasteiger partial charge in [0.15, 0.2) is 0 Å². The molecule has 1 saturated heterocycles. The number of hydrogen-bond acceptors (Lipinski definition) is 6. The summed E-state index contributed by atoms with van der Waals surface area (Å²) in [5, 5.41) is 5.71. The van der Waals surface area contributed by atoms with Crippen molar-refractivity contribution in [3.63, 3.8) is 0 Å². The third kappa shape index (κ3) is 7.43. The molecule has 0 aliphatic carbocycles. The summed E-state index contributed by atoms with van der Waals surface area (Å²) >= 11 is 0. The number of fused-ring (bicyclic) bond motifs is 2. The molecule has 1 aromatic rings. The number of rotatable bonds is 6. The number of amides is 4. The van der Waals surface area contributed by atoms with E-state index in [1.165, 1.54) is 0 Å². The van der Waals surface area contributed by atoms with E-state index in [9.17, 15) is 19.2 Å². The quantitative estimate of drug-likeness (QED) is 0.560. The molecule has 10 nitrogen and oxygen atoms in total. The molecule has 2 heterocycles. The predicted molar refractivity (Wildman–Crippen MR) is 136 cm³/mol. The standard InChI is InChI=1S/C26H39N5O5/c1-29(2)15-7-6-14-27-25(34)20-12-13-23(32)31-16-8-10-21(31)26(35)30(3)17-18-36-22-11-5-4-9-19(22)24(33)28-20/h4-5,9,11,20-21H,6-8,10,12-18H2,1-3H3,(H,27,34)(H,28,33)/t20-,21-/m0/s1. The first-order valence-corrected chi connectivity index (χ1v) is 12.8. The van der Waals surface area contributed by atoms with Gasteiger partial charge in [-0.05, 0) is 64.9 Å². The number of hydrogen-bond donors (Lipinski definition) is 2. The highest BCUT2D eigenvalue weighted by molar-refractivity contribution is 5.99. The van der Waals surface area contributed by atoms with E-state index in [0.717, 1.165) is 25.8 Å². The van der Waals surface area contributed by atoms with Crippen LogP contribution >= 0.6 is 0 Å². The second-order valence-electron chi connectivity index (χ2n) is 9.72. The molecule has 0 aromatic heterocycles. The summed E-state index contributed by atoms with van der Waals surface area (Å²) in [7, 11) is 5.70. The zero-order valence-electron chi connectivity index (χ0n) is 21.6. The van der Waals surface area contributed by atoms with Crippen LogP contribution in [-0.4, -0.2) is 104 Å². The van der Waals surface area contributed by atoms with E-state index in [0.29, 0.717) is 37.4 Å². The van der Waals surface area contributed by atoms with Crippen LogP contribution in [0.3, 0.4) is 0 Å². The Bertz CT molecular complexity index is 937. The van der Waals surface area contributed by atoms with Crippen molar-refractivity contribution >= 4 is 23.6 Å². The molecule has 4 amide bonds. The predicted octanol–water partition coefficient (Wildman–Crippen LogP) is 0.865. The average molecular weight is 502 g/mol. The van der Waals surface area contributed by atoms with Gasteiger partial charge in [-0.15, -0.1) is 0 Å². The van der Waals surface area contributed by atoms with Crippen LogP contribution in [0, 0.1) is 0 Å². The summed E-state index contributed by atoms with van der Waals surface area (Å²) in [6.07, 6.45) is 3.33. The average Bonchev–Trinajstić information content (AvgIpc) is 3.35. The Morgan fingerprint density at radius 1 is 1.14 bits per heavy atom. The van der Waals surface area contributed by atoms with Crippen molar-refractivity contribution in [3.8, 4) is 5.75 Å². The highest BCUT2D eigenvalue weighted by atomic mass is 16.5. The number of carbonyl (C=O) groups is 4. The van der Waals surface area contributed by atoms with Gasteiger partial charge in [0, 0.05) is 26.6 Å². The summed E-state index contributed by atoms with van der Waals surface area (Å²) in [5.74, 6) is -0.675.